The van der Waals surface area contributed by atoms with Crippen LogP contribution in [0.5, 0.6) is 5.75 Å². The number of hydrogen-bond acceptors (Lipinski definition) is 4. The number of rotatable bonds is 10. The Hall–Kier alpha value is -2.48. The van der Waals surface area contributed by atoms with Gasteiger partial charge in [-0.1, -0.05) is 18.8 Å². The average Bonchev–Trinajstić information content (AvgIpc) is 2.70. The molecule has 0 aliphatic heterocycles. The Morgan fingerprint density at radius 2 is 1.39 bits per heavy atom. The van der Waals surface area contributed by atoms with Gasteiger partial charge in [0.25, 0.3) is 0 Å². The van der Waals surface area contributed by atoms with Crippen LogP contribution in [0, 0.1) is 18.8 Å². The number of hydrogen-bond donors (Lipinski definition) is 0. The van der Waals surface area contributed by atoms with Gasteiger partial charge in [-0.05, 0) is 61.4 Å². The zero-order valence-corrected chi connectivity index (χ0v) is 17.5. The molecule has 0 bridgehead atoms. The Kier molecular flexibility index (Phi) is 9.41. The second-order valence-electron chi connectivity index (χ2n) is 6.74. The molecule has 0 aliphatic rings. The van der Waals surface area contributed by atoms with E-state index in [9.17, 15) is 0 Å². The molecule has 0 saturated heterocycles. The maximum absolute atomic E-state index is 5.80. The lowest BCUT2D eigenvalue weighted by molar-refractivity contribution is 0.0365. The van der Waals surface area contributed by atoms with Gasteiger partial charge in [0.1, 0.15) is 12.4 Å². The maximum atomic E-state index is 5.80. The van der Waals surface area contributed by atoms with E-state index >= 15 is 0 Å². The molecule has 0 fully saturated rings. The first-order valence-electron chi connectivity index (χ1n) is 9.78. The van der Waals surface area contributed by atoms with Crippen LogP contribution in [-0.2, 0) is 9.47 Å². The summed E-state index contributed by atoms with van der Waals surface area (Å²) in [7, 11) is 4.06. The molecule has 0 saturated carbocycles. The van der Waals surface area contributed by atoms with Crippen LogP contribution in [-0.4, -0.2) is 47.1 Å². The zero-order chi connectivity index (χ0) is 20.2. The van der Waals surface area contributed by atoms with Crippen molar-refractivity contribution >= 4 is 5.69 Å². The van der Waals surface area contributed by atoms with E-state index in [0.29, 0.717) is 26.4 Å². The van der Waals surface area contributed by atoms with Crippen molar-refractivity contribution in [2.45, 2.75) is 20.3 Å². The summed E-state index contributed by atoms with van der Waals surface area (Å²) in [5.41, 5.74) is 4.22. The molecule has 4 heteroatoms. The van der Waals surface area contributed by atoms with E-state index in [-0.39, 0.29) is 0 Å². The van der Waals surface area contributed by atoms with Crippen molar-refractivity contribution in [3.8, 4) is 17.6 Å². The smallest absolute Gasteiger partial charge is 0.122 e. The minimum atomic E-state index is 0.526. The van der Waals surface area contributed by atoms with Crippen LogP contribution in [0.2, 0.25) is 0 Å². The molecule has 0 amide bonds. The number of ether oxygens (including phenoxy) is 3. The summed E-state index contributed by atoms with van der Waals surface area (Å²) in [5, 5.41) is 0. The van der Waals surface area contributed by atoms with E-state index in [1.807, 2.05) is 45.3 Å². The van der Waals surface area contributed by atoms with Crippen molar-refractivity contribution in [1.29, 1.82) is 0 Å². The van der Waals surface area contributed by atoms with E-state index in [4.69, 9.17) is 14.2 Å². The van der Waals surface area contributed by atoms with Gasteiger partial charge in [0.15, 0.2) is 0 Å². The van der Waals surface area contributed by atoms with Gasteiger partial charge in [-0.3, -0.25) is 0 Å². The van der Waals surface area contributed by atoms with Crippen molar-refractivity contribution < 1.29 is 14.2 Å². The van der Waals surface area contributed by atoms with Crippen LogP contribution in [0.3, 0.4) is 0 Å². The van der Waals surface area contributed by atoms with E-state index in [1.54, 1.807) is 0 Å². The third kappa shape index (κ3) is 7.64. The van der Waals surface area contributed by atoms with Crippen LogP contribution in [0.1, 0.15) is 30.0 Å². The van der Waals surface area contributed by atoms with Crippen molar-refractivity contribution in [1.82, 2.24) is 0 Å². The first kappa shape index (κ1) is 21.8. The molecule has 4 nitrogen and oxygen atoms in total. The van der Waals surface area contributed by atoms with Crippen molar-refractivity contribution in [3.05, 3.63) is 59.2 Å². The molecule has 2 aromatic carbocycles. The molecule has 0 atom stereocenters. The summed E-state index contributed by atoms with van der Waals surface area (Å²) >= 11 is 0. The fraction of sp³-hybridized carbons (Fsp3) is 0.417. The molecule has 0 unspecified atom stereocenters. The van der Waals surface area contributed by atoms with Crippen molar-refractivity contribution in [2.75, 3.05) is 52.0 Å². The highest BCUT2D eigenvalue weighted by Crippen LogP contribution is 2.19. The number of anilines is 1. The van der Waals surface area contributed by atoms with Gasteiger partial charge < -0.3 is 19.1 Å². The molecule has 2 rings (SSSR count). The van der Waals surface area contributed by atoms with Gasteiger partial charge in [0.2, 0.25) is 0 Å². The maximum Gasteiger partial charge on any atom is 0.122 e. The van der Waals surface area contributed by atoms with E-state index in [1.165, 1.54) is 5.69 Å². The lowest BCUT2D eigenvalue weighted by atomic mass is 10.1. The molecule has 0 spiro atoms. The second-order valence-corrected chi connectivity index (χ2v) is 6.74. The Morgan fingerprint density at radius 1 is 0.786 bits per heavy atom. The number of aryl methyl sites for hydroxylation is 1. The quantitative estimate of drug-likeness (QED) is 0.454. The third-order valence-electron chi connectivity index (χ3n) is 4.12. The predicted molar refractivity (Wildman–Crippen MR) is 115 cm³/mol. The van der Waals surface area contributed by atoms with Crippen LogP contribution in [0.4, 0.5) is 5.69 Å². The molecule has 150 valence electrons. The van der Waals surface area contributed by atoms with Gasteiger partial charge in [-0.25, -0.2) is 0 Å². The van der Waals surface area contributed by atoms with Crippen LogP contribution >= 0.6 is 0 Å². The molecule has 0 aromatic heterocycles. The second kappa shape index (κ2) is 12.1. The Bertz CT molecular complexity index is 773. The average molecular weight is 382 g/mol. The Labute approximate surface area is 169 Å². The van der Waals surface area contributed by atoms with Gasteiger partial charge in [0, 0.05) is 37.5 Å². The molecule has 0 heterocycles. The van der Waals surface area contributed by atoms with E-state index in [0.717, 1.165) is 35.5 Å². The minimum absolute atomic E-state index is 0.526. The third-order valence-corrected chi connectivity index (χ3v) is 4.12. The van der Waals surface area contributed by atoms with Gasteiger partial charge >= 0.3 is 0 Å². The minimum Gasteiger partial charge on any atom is -0.491 e. The lowest BCUT2D eigenvalue weighted by Gasteiger charge is -2.11. The fourth-order valence-corrected chi connectivity index (χ4v) is 2.55. The summed E-state index contributed by atoms with van der Waals surface area (Å²) in [4.78, 5) is 2.07. The van der Waals surface area contributed by atoms with Crippen LogP contribution in [0.15, 0.2) is 42.5 Å². The van der Waals surface area contributed by atoms with Gasteiger partial charge in [-0.2, -0.15) is 0 Å². The molecule has 0 radical (unpaired) electrons. The first-order chi connectivity index (χ1) is 13.6. The summed E-state index contributed by atoms with van der Waals surface area (Å²) in [6.45, 7) is 7.24. The normalized spacial score (nSPS) is 10.3. The molecular weight excluding hydrogens is 350 g/mol. The molecule has 28 heavy (non-hydrogen) atoms. The highest BCUT2D eigenvalue weighted by molar-refractivity contribution is 5.51. The summed E-state index contributed by atoms with van der Waals surface area (Å²) in [5.74, 6) is 7.30. The highest BCUT2D eigenvalue weighted by atomic mass is 16.5. The number of benzene rings is 2. The summed E-state index contributed by atoms with van der Waals surface area (Å²) in [6.07, 6.45) is 1.03. The van der Waals surface area contributed by atoms with Crippen molar-refractivity contribution in [3.63, 3.8) is 0 Å². The monoisotopic (exact) mass is 381 g/mol. The lowest BCUT2D eigenvalue weighted by Crippen LogP contribution is -2.11. The topological polar surface area (TPSA) is 30.9 Å². The summed E-state index contributed by atoms with van der Waals surface area (Å²) in [6, 6.07) is 14.2. The largest absolute Gasteiger partial charge is 0.491 e. The molecule has 0 N–H and O–H groups in total. The SMILES string of the molecule is CCCOCCOCCOc1ccc(C#Cc2ccc(N(C)C)cc2)cc1C. The first-order valence-corrected chi connectivity index (χ1v) is 9.78. The van der Waals surface area contributed by atoms with Crippen LogP contribution in [0.25, 0.3) is 0 Å². The van der Waals surface area contributed by atoms with E-state index < -0.39 is 0 Å². The molecule has 0 aliphatic carbocycles. The standard InChI is InChI=1S/C24H31NO3/c1-5-14-26-15-16-27-17-18-28-24-13-10-22(19-20(24)2)7-6-21-8-11-23(12-9-21)25(3)4/h8-13,19H,5,14-18H2,1-4H3. The van der Waals surface area contributed by atoms with Gasteiger partial charge in [-0.15, -0.1) is 0 Å². The highest BCUT2D eigenvalue weighted by Gasteiger charge is 2.01. The van der Waals surface area contributed by atoms with Gasteiger partial charge in [0.05, 0.1) is 19.8 Å². The van der Waals surface area contributed by atoms with Crippen molar-refractivity contribution in [2.24, 2.45) is 0 Å². The molecule has 2 aromatic rings. The Balaban J connectivity index is 1.80. The fourth-order valence-electron chi connectivity index (χ4n) is 2.55. The summed E-state index contributed by atoms with van der Waals surface area (Å²) < 4.78 is 16.7. The number of nitrogens with zero attached hydrogens (tertiary/aromatic N) is 1. The molecular formula is C24H31NO3. The Morgan fingerprint density at radius 3 is 2.04 bits per heavy atom. The predicted octanol–water partition coefficient (Wildman–Crippen LogP) is 4.28. The van der Waals surface area contributed by atoms with E-state index in [2.05, 4.69) is 41.9 Å². The zero-order valence-electron chi connectivity index (χ0n) is 17.5. The van der Waals surface area contributed by atoms with Crippen LogP contribution < -0.4 is 9.64 Å².